The number of nitrogens with one attached hydrogen (secondary N) is 2. The molecule has 0 saturated heterocycles. The van der Waals surface area contributed by atoms with Crippen LogP contribution in [0.15, 0.2) is 18.2 Å². The SMILES string of the molecule is CNC(CC(C)C)C(=O)NC(C)(C)c1cc(C(F)(F)F)cc(C(F)(F)F)c1. The molecule has 0 aliphatic carbocycles. The summed E-state index contributed by atoms with van der Waals surface area (Å²) in [6.45, 7) is 6.52. The van der Waals surface area contributed by atoms with Crippen molar-refractivity contribution in [3.8, 4) is 0 Å². The largest absolute Gasteiger partial charge is 0.416 e. The quantitative estimate of drug-likeness (QED) is 0.682. The summed E-state index contributed by atoms with van der Waals surface area (Å²) >= 11 is 0. The highest BCUT2D eigenvalue weighted by molar-refractivity contribution is 5.82. The van der Waals surface area contributed by atoms with Crippen LogP contribution in [-0.4, -0.2) is 19.0 Å². The molecule has 1 unspecified atom stereocenters. The summed E-state index contributed by atoms with van der Waals surface area (Å²) in [7, 11) is 1.56. The molecule has 3 nitrogen and oxygen atoms in total. The second kappa shape index (κ2) is 8.08. The molecule has 1 aromatic carbocycles. The Kier molecular flexibility index (Phi) is 6.96. The van der Waals surface area contributed by atoms with Crippen molar-refractivity contribution >= 4 is 5.91 Å². The maximum absolute atomic E-state index is 13.0. The molecule has 0 fully saturated rings. The summed E-state index contributed by atoms with van der Waals surface area (Å²) in [6.07, 6.45) is -9.42. The van der Waals surface area contributed by atoms with Gasteiger partial charge in [-0.2, -0.15) is 26.3 Å². The van der Waals surface area contributed by atoms with Crippen molar-refractivity contribution in [2.45, 2.75) is 58.0 Å². The minimum Gasteiger partial charge on any atom is -0.346 e. The topological polar surface area (TPSA) is 41.1 Å². The van der Waals surface area contributed by atoms with E-state index >= 15 is 0 Å². The number of hydrogen-bond donors (Lipinski definition) is 2. The minimum absolute atomic E-state index is 0.0660. The molecule has 0 aromatic heterocycles. The van der Waals surface area contributed by atoms with Gasteiger partial charge in [0, 0.05) is 0 Å². The molecule has 1 aromatic rings. The van der Waals surface area contributed by atoms with Gasteiger partial charge in [-0.15, -0.1) is 0 Å². The van der Waals surface area contributed by atoms with Crippen LogP contribution in [0.3, 0.4) is 0 Å². The fourth-order valence-corrected chi connectivity index (χ4v) is 2.61. The number of rotatable bonds is 6. The number of benzene rings is 1. The van der Waals surface area contributed by atoms with Gasteiger partial charge in [-0.05, 0) is 57.0 Å². The van der Waals surface area contributed by atoms with Crippen LogP contribution < -0.4 is 10.6 Å². The number of alkyl halides is 6. The van der Waals surface area contributed by atoms with Gasteiger partial charge >= 0.3 is 12.4 Å². The first-order valence-electron chi connectivity index (χ1n) is 8.37. The second-order valence-corrected chi connectivity index (χ2v) is 7.38. The van der Waals surface area contributed by atoms with Gasteiger partial charge in [0.05, 0.1) is 22.7 Å². The highest BCUT2D eigenvalue weighted by atomic mass is 19.4. The fraction of sp³-hybridized carbons (Fsp3) is 0.611. The van der Waals surface area contributed by atoms with Crippen molar-refractivity contribution in [2.24, 2.45) is 5.92 Å². The zero-order valence-corrected chi connectivity index (χ0v) is 15.8. The highest BCUT2D eigenvalue weighted by Gasteiger charge is 2.39. The number of hydrogen-bond acceptors (Lipinski definition) is 2. The van der Waals surface area contributed by atoms with E-state index in [0.29, 0.717) is 18.6 Å². The number of likely N-dealkylation sites (N-methyl/N-ethyl adjacent to an activating group) is 1. The van der Waals surface area contributed by atoms with E-state index in [9.17, 15) is 31.1 Å². The van der Waals surface area contributed by atoms with Gasteiger partial charge in [0.15, 0.2) is 0 Å². The van der Waals surface area contributed by atoms with Crippen molar-refractivity contribution in [3.05, 3.63) is 34.9 Å². The van der Waals surface area contributed by atoms with Gasteiger partial charge in [0.2, 0.25) is 5.91 Å². The van der Waals surface area contributed by atoms with Crippen LogP contribution >= 0.6 is 0 Å². The Labute approximate surface area is 154 Å². The van der Waals surface area contributed by atoms with Gasteiger partial charge in [0.1, 0.15) is 0 Å². The lowest BCUT2D eigenvalue weighted by molar-refractivity contribution is -0.143. The van der Waals surface area contributed by atoms with Crippen molar-refractivity contribution in [1.29, 1.82) is 0 Å². The maximum atomic E-state index is 13.0. The molecule has 27 heavy (non-hydrogen) atoms. The lowest BCUT2D eigenvalue weighted by atomic mass is 9.90. The van der Waals surface area contributed by atoms with E-state index in [0.717, 1.165) is 0 Å². The molecule has 154 valence electrons. The molecule has 0 aliphatic rings. The molecular weight excluding hydrogens is 374 g/mol. The molecule has 2 N–H and O–H groups in total. The Morgan fingerprint density at radius 2 is 1.33 bits per heavy atom. The van der Waals surface area contributed by atoms with E-state index in [1.54, 1.807) is 7.05 Å². The zero-order valence-electron chi connectivity index (χ0n) is 15.8. The van der Waals surface area contributed by atoms with Crippen LogP contribution in [-0.2, 0) is 22.7 Å². The summed E-state index contributed by atoms with van der Waals surface area (Å²) in [5.41, 5.74) is -4.55. The van der Waals surface area contributed by atoms with Gasteiger partial charge in [0.25, 0.3) is 0 Å². The van der Waals surface area contributed by atoms with E-state index in [2.05, 4.69) is 10.6 Å². The Morgan fingerprint density at radius 1 is 0.926 bits per heavy atom. The lowest BCUT2D eigenvalue weighted by Crippen LogP contribution is -2.50. The average Bonchev–Trinajstić information content (AvgIpc) is 2.49. The molecule has 0 bridgehead atoms. The number of carbonyl (C=O) groups excluding carboxylic acids is 1. The van der Waals surface area contributed by atoms with Crippen molar-refractivity contribution in [1.82, 2.24) is 10.6 Å². The molecule has 9 heteroatoms. The Hall–Kier alpha value is -1.77. The van der Waals surface area contributed by atoms with E-state index < -0.39 is 41.0 Å². The normalized spacial score (nSPS) is 14.4. The van der Waals surface area contributed by atoms with Crippen molar-refractivity contribution < 1.29 is 31.1 Å². The van der Waals surface area contributed by atoms with Crippen molar-refractivity contribution in [2.75, 3.05) is 7.05 Å². The average molecular weight is 398 g/mol. The molecule has 0 radical (unpaired) electrons. The third-order valence-corrected chi connectivity index (χ3v) is 4.12. The third kappa shape index (κ3) is 6.41. The summed E-state index contributed by atoms with van der Waals surface area (Å²) < 4.78 is 78.3. The lowest BCUT2D eigenvalue weighted by Gasteiger charge is -2.31. The number of amides is 1. The fourth-order valence-electron chi connectivity index (χ4n) is 2.61. The second-order valence-electron chi connectivity index (χ2n) is 7.38. The predicted molar refractivity (Wildman–Crippen MR) is 89.9 cm³/mol. The molecular formula is C18H24F6N2O. The first-order chi connectivity index (χ1) is 12.1. The summed E-state index contributed by atoms with van der Waals surface area (Å²) in [4.78, 5) is 12.4. The number of carbonyl (C=O) groups is 1. The summed E-state index contributed by atoms with van der Waals surface area (Å²) in [5, 5.41) is 5.36. The predicted octanol–water partition coefficient (Wildman–Crippen LogP) is 4.71. The van der Waals surface area contributed by atoms with E-state index in [1.807, 2.05) is 13.8 Å². The van der Waals surface area contributed by atoms with Gasteiger partial charge in [-0.25, -0.2) is 0 Å². The highest BCUT2D eigenvalue weighted by Crippen LogP contribution is 2.38. The Bertz CT molecular complexity index is 633. The standard InChI is InChI=1S/C18H24F6N2O/c1-10(2)6-14(25-5)15(27)26-16(3,4)11-7-12(17(19,20)21)9-13(8-11)18(22,23)24/h7-10,14,25H,6H2,1-5H3,(H,26,27). The molecule has 0 saturated carbocycles. The van der Waals surface area contributed by atoms with E-state index in [4.69, 9.17) is 0 Å². The molecule has 0 spiro atoms. The van der Waals surface area contributed by atoms with E-state index in [-0.39, 0.29) is 17.5 Å². The first-order valence-corrected chi connectivity index (χ1v) is 8.37. The van der Waals surface area contributed by atoms with Crippen LogP contribution in [0, 0.1) is 5.92 Å². The van der Waals surface area contributed by atoms with Gasteiger partial charge in [-0.3, -0.25) is 4.79 Å². The van der Waals surface area contributed by atoms with E-state index in [1.165, 1.54) is 13.8 Å². The molecule has 0 aliphatic heterocycles. The van der Waals surface area contributed by atoms with Gasteiger partial charge < -0.3 is 10.6 Å². The Balaban J connectivity index is 3.30. The van der Waals surface area contributed by atoms with Crippen LogP contribution in [0.25, 0.3) is 0 Å². The van der Waals surface area contributed by atoms with Crippen LogP contribution in [0.4, 0.5) is 26.3 Å². The first kappa shape index (κ1) is 23.3. The monoisotopic (exact) mass is 398 g/mol. The zero-order chi connectivity index (χ0) is 21.2. The third-order valence-electron chi connectivity index (χ3n) is 4.12. The summed E-state index contributed by atoms with van der Waals surface area (Å²) in [6, 6.07) is 0.715. The van der Waals surface area contributed by atoms with Crippen LogP contribution in [0.2, 0.25) is 0 Å². The molecule has 1 rings (SSSR count). The van der Waals surface area contributed by atoms with Crippen LogP contribution in [0.5, 0.6) is 0 Å². The molecule has 1 atom stereocenters. The molecule has 0 heterocycles. The van der Waals surface area contributed by atoms with Gasteiger partial charge in [-0.1, -0.05) is 13.8 Å². The smallest absolute Gasteiger partial charge is 0.346 e. The molecule has 1 amide bonds. The Morgan fingerprint density at radius 3 is 1.67 bits per heavy atom. The minimum atomic E-state index is -4.94. The summed E-state index contributed by atoms with van der Waals surface area (Å²) in [5.74, 6) is -0.330. The maximum Gasteiger partial charge on any atom is 0.416 e. The number of halogens is 6. The van der Waals surface area contributed by atoms with Crippen molar-refractivity contribution in [3.63, 3.8) is 0 Å². The van der Waals surface area contributed by atoms with Crippen LogP contribution in [0.1, 0.15) is 50.8 Å².